The van der Waals surface area contributed by atoms with Crippen LogP contribution in [0.15, 0.2) is 48.5 Å². The number of hydrogen-bond donors (Lipinski definition) is 0. The van der Waals surface area contributed by atoms with Crippen molar-refractivity contribution in [2.75, 3.05) is 66.5 Å². The van der Waals surface area contributed by atoms with Crippen molar-refractivity contribution >= 4 is 58.5 Å². The number of piperazine rings is 2. The van der Waals surface area contributed by atoms with Gasteiger partial charge in [-0.05, 0) is 72.7 Å². The average Bonchev–Trinajstić information content (AvgIpc) is 2.83. The van der Waals surface area contributed by atoms with Crippen molar-refractivity contribution in [1.29, 1.82) is 0 Å². The lowest BCUT2D eigenvalue weighted by atomic mass is 10.1. The van der Waals surface area contributed by atoms with Gasteiger partial charge in [0.1, 0.15) is 0 Å². The molecule has 200 valence electrons. The molecular formula is C26H36Cl4N4O2. The highest BCUT2D eigenvalue weighted by molar-refractivity contribution is 6.68. The van der Waals surface area contributed by atoms with E-state index in [0.717, 1.165) is 65.4 Å². The normalized spacial score (nSPS) is 17.2. The molecule has 0 radical (unpaired) electrons. The highest BCUT2D eigenvalue weighted by Gasteiger charge is 2.15. The minimum absolute atomic E-state index is 0. The average molecular weight is 578 g/mol. The first-order chi connectivity index (χ1) is 16.3. The molecule has 36 heavy (non-hydrogen) atoms. The second kappa shape index (κ2) is 16.6. The van der Waals surface area contributed by atoms with Crippen molar-refractivity contribution in [3.63, 3.8) is 0 Å². The van der Waals surface area contributed by atoms with E-state index in [-0.39, 0.29) is 24.8 Å². The van der Waals surface area contributed by atoms with E-state index in [1.807, 2.05) is 24.3 Å². The van der Waals surface area contributed by atoms with Crippen LogP contribution >= 0.6 is 48.0 Å². The maximum Gasteiger partial charge on any atom is 0.252 e. The molecule has 0 N–H and O–H groups in total. The van der Waals surface area contributed by atoms with Crippen molar-refractivity contribution in [3.05, 3.63) is 70.8 Å². The second-order valence-electron chi connectivity index (χ2n) is 9.10. The molecule has 10 heteroatoms. The molecule has 0 atom stereocenters. The Morgan fingerprint density at radius 2 is 0.861 bits per heavy atom. The monoisotopic (exact) mass is 576 g/mol. The molecule has 0 bridgehead atoms. The minimum Gasteiger partial charge on any atom is -0.304 e. The predicted molar refractivity (Wildman–Crippen MR) is 153 cm³/mol. The van der Waals surface area contributed by atoms with Gasteiger partial charge < -0.3 is 9.80 Å². The number of rotatable bonds is 6. The van der Waals surface area contributed by atoms with Crippen LogP contribution in [0.25, 0.3) is 0 Å². The number of nitrogens with zero attached hydrogens (tertiary/aromatic N) is 4. The lowest BCUT2D eigenvalue weighted by Crippen LogP contribution is -2.43. The van der Waals surface area contributed by atoms with Crippen LogP contribution in [0.2, 0.25) is 0 Å². The molecule has 0 unspecified atom stereocenters. The Bertz CT molecular complexity index is 850. The summed E-state index contributed by atoms with van der Waals surface area (Å²) >= 11 is 10.8. The molecule has 6 nitrogen and oxygen atoms in total. The van der Waals surface area contributed by atoms with E-state index < -0.39 is 10.5 Å². The lowest BCUT2D eigenvalue weighted by Gasteiger charge is -2.32. The maximum absolute atomic E-state index is 10.9. The van der Waals surface area contributed by atoms with Gasteiger partial charge in [-0.2, -0.15) is 0 Å². The lowest BCUT2D eigenvalue weighted by molar-refractivity contribution is 0.107. The van der Waals surface area contributed by atoms with Gasteiger partial charge in [0, 0.05) is 76.6 Å². The van der Waals surface area contributed by atoms with Gasteiger partial charge >= 0.3 is 0 Å². The summed E-state index contributed by atoms with van der Waals surface area (Å²) in [6.07, 6.45) is 0. The summed E-state index contributed by atoms with van der Waals surface area (Å²) in [5.41, 5.74) is 3.59. The van der Waals surface area contributed by atoms with Gasteiger partial charge in [-0.25, -0.2) is 0 Å². The molecule has 2 heterocycles. The molecule has 0 spiro atoms. The van der Waals surface area contributed by atoms with Gasteiger partial charge in [-0.15, -0.1) is 24.8 Å². The van der Waals surface area contributed by atoms with Crippen molar-refractivity contribution in [1.82, 2.24) is 19.6 Å². The van der Waals surface area contributed by atoms with Gasteiger partial charge in [-0.3, -0.25) is 19.4 Å². The van der Waals surface area contributed by atoms with E-state index in [1.54, 1.807) is 24.3 Å². The summed E-state index contributed by atoms with van der Waals surface area (Å²) in [7, 11) is 4.30. The summed E-state index contributed by atoms with van der Waals surface area (Å²) in [6.45, 7) is 10.8. The minimum atomic E-state index is -0.392. The van der Waals surface area contributed by atoms with Crippen LogP contribution in [0.4, 0.5) is 0 Å². The third kappa shape index (κ3) is 11.0. The molecule has 4 rings (SSSR count). The molecule has 0 aromatic heterocycles. The first-order valence-corrected chi connectivity index (χ1v) is 12.4. The third-order valence-electron chi connectivity index (χ3n) is 6.37. The van der Waals surface area contributed by atoms with E-state index in [4.69, 9.17) is 23.2 Å². The van der Waals surface area contributed by atoms with Gasteiger partial charge in [0.05, 0.1) is 0 Å². The molecule has 0 saturated carbocycles. The fraction of sp³-hybridized carbons (Fsp3) is 0.462. The Hall–Kier alpha value is -1.22. The van der Waals surface area contributed by atoms with Crippen molar-refractivity contribution in [2.45, 2.75) is 13.1 Å². The quantitative estimate of drug-likeness (QED) is 0.472. The summed E-state index contributed by atoms with van der Waals surface area (Å²) in [5.74, 6) is 0. The first-order valence-electron chi connectivity index (χ1n) is 11.7. The number of carbonyl (C=O) groups excluding carboxylic acids is 2. The second-order valence-corrected chi connectivity index (χ2v) is 9.79. The van der Waals surface area contributed by atoms with Crippen molar-refractivity contribution in [3.8, 4) is 0 Å². The van der Waals surface area contributed by atoms with Crippen LogP contribution in [0, 0.1) is 0 Å². The molecule has 0 aliphatic carbocycles. The van der Waals surface area contributed by atoms with E-state index in [1.165, 1.54) is 11.1 Å². The van der Waals surface area contributed by atoms with Crippen LogP contribution in [-0.4, -0.2) is 96.5 Å². The number of likely N-dealkylation sites (N-methyl/N-ethyl adjacent to an activating group) is 2. The smallest absolute Gasteiger partial charge is 0.252 e. The highest BCUT2D eigenvalue weighted by Crippen LogP contribution is 2.12. The van der Waals surface area contributed by atoms with Gasteiger partial charge in [-0.1, -0.05) is 24.3 Å². The zero-order valence-corrected chi connectivity index (χ0v) is 24.0. The maximum atomic E-state index is 10.9. The molecule has 2 aliphatic heterocycles. The number of benzene rings is 2. The number of hydrogen-bond acceptors (Lipinski definition) is 6. The summed E-state index contributed by atoms with van der Waals surface area (Å²) in [4.78, 5) is 31.4. The standard InChI is InChI=1S/2C13H17ClN2O.2ClH/c2*1-15-6-8-16(9-7-15)10-11-2-4-12(5-3-11)13(14)17;;/h2*2-5H,6-10H2,1H3;2*1H. The fourth-order valence-electron chi connectivity index (χ4n) is 4.01. The molecule has 2 aliphatic rings. The van der Waals surface area contributed by atoms with Crippen molar-refractivity contribution < 1.29 is 9.59 Å². The third-order valence-corrected chi connectivity index (χ3v) is 6.80. The Balaban J connectivity index is 0.000000341. The van der Waals surface area contributed by atoms with E-state index in [2.05, 4.69) is 33.7 Å². The SMILES string of the molecule is CN1CCN(Cc2ccc(C(=O)Cl)cc2)CC1.CN1CCN(Cc2ccc(C(=O)Cl)cc2)CC1.Cl.Cl. The van der Waals surface area contributed by atoms with Gasteiger partial charge in [0.15, 0.2) is 0 Å². The molecule has 2 saturated heterocycles. The Morgan fingerprint density at radius 3 is 1.11 bits per heavy atom. The fourth-order valence-corrected chi connectivity index (χ4v) is 4.26. The summed E-state index contributed by atoms with van der Waals surface area (Å²) in [5, 5.41) is -0.785. The van der Waals surface area contributed by atoms with Crippen LogP contribution in [0.5, 0.6) is 0 Å². The first kappa shape index (κ1) is 32.8. The zero-order chi connectivity index (χ0) is 24.5. The van der Waals surface area contributed by atoms with E-state index >= 15 is 0 Å². The molecule has 0 amide bonds. The van der Waals surface area contributed by atoms with Gasteiger partial charge in [0.2, 0.25) is 0 Å². The zero-order valence-electron chi connectivity index (χ0n) is 20.9. The Kier molecular flexibility index (Phi) is 15.1. The molecular weight excluding hydrogens is 542 g/mol. The highest BCUT2D eigenvalue weighted by atomic mass is 35.5. The Morgan fingerprint density at radius 1 is 0.583 bits per heavy atom. The predicted octanol–water partition coefficient (Wildman–Crippen LogP) is 4.47. The summed E-state index contributed by atoms with van der Waals surface area (Å²) in [6, 6.07) is 15.1. The van der Waals surface area contributed by atoms with E-state index in [0.29, 0.717) is 11.1 Å². The number of halogens is 4. The van der Waals surface area contributed by atoms with Crippen LogP contribution in [0.3, 0.4) is 0 Å². The molecule has 2 aromatic carbocycles. The Labute approximate surface area is 237 Å². The van der Waals surface area contributed by atoms with Crippen LogP contribution in [-0.2, 0) is 13.1 Å². The number of carbonyl (C=O) groups is 2. The van der Waals surface area contributed by atoms with E-state index in [9.17, 15) is 9.59 Å². The van der Waals surface area contributed by atoms with Crippen molar-refractivity contribution in [2.24, 2.45) is 0 Å². The van der Waals surface area contributed by atoms with Crippen LogP contribution in [0.1, 0.15) is 31.8 Å². The largest absolute Gasteiger partial charge is 0.304 e. The van der Waals surface area contributed by atoms with Gasteiger partial charge in [0.25, 0.3) is 10.5 Å². The van der Waals surface area contributed by atoms with Crippen LogP contribution < -0.4 is 0 Å². The topological polar surface area (TPSA) is 47.1 Å². The molecule has 2 fully saturated rings. The molecule has 2 aromatic rings. The summed E-state index contributed by atoms with van der Waals surface area (Å²) < 4.78 is 0.